The molecule has 4 aliphatic carbocycles. The van der Waals surface area contributed by atoms with Crippen molar-refractivity contribution in [2.24, 2.45) is 34.5 Å². The molecule has 6 N–H and O–H groups in total. The standard InChI is InChI=1S/C35H54O9/c1-7-35(32(3,4)44-35)13-8-18(2)27-25(38)16-22-20-15-24(37)23-14-19(9-11-33(23,5)21(20)10-12-34(22,27)6)42-31-30(41)29(40)28(39)26(17-36)43-31/h7,10,15,18-19,22-31,36-41H,1,8-9,11-14,16-17H2,2-6H3/t18-,19+,22+,23-,24-,25+,26-,27+,28-,29+,30-,31-,33-,34+,35-/m1/s1. The van der Waals surface area contributed by atoms with Gasteiger partial charge in [-0.15, -0.1) is 6.58 Å². The van der Waals surface area contributed by atoms with E-state index in [0.717, 1.165) is 25.7 Å². The Bertz CT molecular complexity index is 1180. The normalized spacial score (nSPS) is 51.8. The Morgan fingerprint density at radius 1 is 1.07 bits per heavy atom. The molecule has 9 nitrogen and oxygen atoms in total. The molecule has 0 unspecified atom stereocenters. The number of allylic oxidation sites excluding steroid dienone is 3. The van der Waals surface area contributed by atoms with Crippen LogP contribution >= 0.6 is 0 Å². The second kappa shape index (κ2) is 11.2. The van der Waals surface area contributed by atoms with Crippen molar-refractivity contribution in [3.05, 3.63) is 36.0 Å². The van der Waals surface area contributed by atoms with Crippen LogP contribution < -0.4 is 0 Å². The Morgan fingerprint density at radius 3 is 2.41 bits per heavy atom. The second-order valence-electron chi connectivity index (χ2n) is 15.8. The zero-order valence-electron chi connectivity index (χ0n) is 26.9. The molecule has 0 aromatic rings. The molecular weight excluding hydrogens is 564 g/mol. The third-order valence-electron chi connectivity index (χ3n) is 13.1. The molecule has 2 saturated carbocycles. The third-order valence-corrected chi connectivity index (χ3v) is 13.1. The first-order valence-corrected chi connectivity index (χ1v) is 16.7. The van der Waals surface area contributed by atoms with Gasteiger partial charge in [0, 0.05) is 5.92 Å². The van der Waals surface area contributed by atoms with Gasteiger partial charge in [0.1, 0.15) is 30.0 Å². The Hall–Kier alpha value is -1.14. The molecule has 2 saturated heterocycles. The van der Waals surface area contributed by atoms with Crippen molar-refractivity contribution >= 4 is 0 Å². The Kier molecular flexibility index (Phi) is 8.37. The van der Waals surface area contributed by atoms with Gasteiger partial charge < -0.3 is 44.8 Å². The molecule has 2 aliphatic heterocycles. The topological polar surface area (TPSA) is 152 Å². The van der Waals surface area contributed by atoms with Crippen LogP contribution in [0.3, 0.4) is 0 Å². The number of hydrogen-bond acceptors (Lipinski definition) is 9. The van der Waals surface area contributed by atoms with Crippen LogP contribution in [-0.2, 0) is 14.2 Å². The highest BCUT2D eigenvalue weighted by molar-refractivity contribution is 5.48. The molecular formula is C35H54O9. The molecule has 2 heterocycles. The highest BCUT2D eigenvalue weighted by atomic mass is 16.7. The van der Waals surface area contributed by atoms with Crippen molar-refractivity contribution < 1.29 is 44.8 Å². The lowest BCUT2D eigenvalue weighted by Crippen LogP contribution is -2.60. The highest BCUT2D eigenvalue weighted by Gasteiger charge is 2.63. The molecule has 248 valence electrons. The van der Waals surface area contributed by atoms with Gasteiger partial charge in [-0.25, -0.2) is 0 Å². The first-order chi connectivity index (χ1) is 20.6. The van der Waals surface area contributed by atoms with Crippen LogP contribution in [0, 0.1) is 34.5 Å². The van der Waals surface area contributed by atoms with Crippen molar-refractivity contribution in [1.29, 1.82) is 0 Å². The van der Waals surface area contributed by atoms with E-state index in [0.29, 0.717) is 25.2 Å². The number of aliphatic hydroxyl groups is 6. The maximum absolute atomic E-state index is 11.6. The molecule has 0 aromatic heterocycles. The van der Waals surface area contributed by atoms with E-state index in [4.69, 9.17) is 14.2 Å². The van der Waals surface area contributed by atoms with Gasteiger partial charge in [0.25, 0.3) is 0 Å². The molecule has 44 heavy (non-hydrogen) atoms. The summed E-state index contributed by atoms with van der Waals surface area (Å²) in [5.41, 5.74) is 1.64. The van der Waals surface area contributed by atoms with E-state index in [2.05, 4.69) is 47.3 Å². The van der Waals surface area contributed by atoms with Crippen LogP contribution in [-0.4, -0.2) is 97.5 Å². The van der Waals surface area contributed by atoms with Gasteiger partial charge in [-0.1, -0.05) is 39.0 Å². The van der Waals surface area contributed by atoms with Crippen molar-refractivity contribution in [1.82, 2.24) is 0 Å². The van der Waals surface area contributed by atoms with E-state index in [9.17, 15) is 30.6 Å². The van der Waals surface area contributed by atoms with E-state index in [1.807, 2.05) is 12.2 Å². The van der Waals surface area contributed by atoms with Crippen molar-refractivity contribution in [3.8, 4) is 0 Å². The average molecular weight is 619 g/mol. The Morgan fingerprint density at radius 2 is 1.77 bits per heavy atom. The SMILES string of the molecule is C=C[C@]1(CC[C@@H](C)[C@H]2[C@@H](O)C[C@H]3C4=C[C@@H](O)[C@H]5C[C@@H](O[C@@H]6O[C@H](CO)[C@@H](O)[C@H](O)[C@H]6O)CC[C@]5(C)C4=CC[C@]23C)OC1(C)C. The first-order valence-electron chi connectivity index (χ1n) is 16.7. The fourth-order valence-corrected chi connectivity index (χ4v) is 10.3. The molecule has 9 heteroatoms. The number of fused-ring (bicyclic) bond motifs is 5. The van der Waals surface area contributed by atoms with Crippen molar-refractivity contribution in [3.63, 3.8) is 0 Å². The molecule has 0 radical (unpaired) electrons. The van der Waals surface area contributed by atoms with E-state index in [1.54, 1.807) is 0 Å². The van der Waals surface area contributed by atoms with E-state index >= 15 is 0 Å². The Labute approximate surface area is 261 Å². The summed E-state index contributed by atoms with van der Waals surface area (Å²) >= 11 is 0. The number of hydrogen-bond donors (Lipinski definition) is 6. The van der Waals surface area contributed by atoms with Crippen LogP contribution in [0.15, 0.2) is 36.0 Å². The van der Waals surface area contributed by atoms with Gasteiger partial charge >= 0.3 is 0 Å². The van der Waals surface area contributed by atoms with Crippen LogP contribution in [0.1, 0.15) is 79.6 Å². The molecule has 15 atom stereocenters. The van der Waals surface area contributed by atoms with E-state index in [1.165, 1.54) is 11.1 Å². The Balaban J connectivity index is 1.17. The maximum Gasteiger partial charge on any atom is 0.186 e. The van der Waals surface area contributed by atoms with Gasteiger partial charge in [0.15, 0.2) is 6.29 Å². The predicted molar refractivity (Wildman–Crippen MR) is 163 cm³/mol. The minimum Gasteiger partial charge on any atom is -0.394 e. The average Bonchev–Trinajstić information content (AvgIpc) is 3.42. The third kappa shape index (κ3) is 4.92. The lowest BCUT2D eigenvalue weighted by atomic mass is 9.51. The smallest absolute Gasteiger partial charge is 0.186 e. The van der Waals surface area contributed by atoms with Crippen LogP contribution in [0.4, 0.5) is 0 Å². The fourth-order valence-electron chi connectivity index (χ4n) is 10.3. The molecule has 0 amide bonds. The van der Waals surface area contributed by atoms with E-state index < -0.39 is 49.5 Å². The molecule has 0 bridgehead atoms. The van der Waals surface area contributed by atoms with Crippen LogP contribution in [0.5, 0.6) is 0 Å². The summed E-state index contributed by atoms with van der Waals surface area (Å²) in [6.07, 6.45) is 3.77. The lowest BCUT2D eigenvalue weighted by Gasteiger charge is -2.55. The monoisotopic (exact) mass is 618 g/mol. The van der Waals surface area contributed by atoms with Crippen LogP contribution in [0.2, 0.25) is 0 Å². The summed E-state index contributed by atoms with van der Waals surface area (Å²) < 4.78 is 17.8. The van der Waals surface area contributed by atoms with Gasteiger partial charge in [0.05, 0.1) is 30.5 Å². The zero-order chi connectivity index (χ0) is 32.0. The first kappa shape index (κ1) is 32.8. The molecule has 6 rings (SSSR count). The summed E-state index contributed by atoms with van der Waals surface area (Å²) in [4.78, 5) is 0. The van der Waals surface area contributed by atoms with Crippen LogP contribution in [0.25, 0.3) is 0 Å². The molecule has 0 spiro atoms. The van der Waals surface area contributed by atoms with Crippen molar-refractivity contribution in [2.45, 2.75) is 140 Å². The minimum atomic E-state index is -1.49. The fraction of sp³-hybridized carbons (Fsp3) is 0.829. The summed E-state index contributed by atoms with van der Waals surface area (Å²) in [6, 6.07) is 0. The number of rotatable bonds is 8. The van der Waals surface area contributed by atoms with Crippen molar-refractivity contribution in [2.75, 3.05) is 6.61 Å². The summed E-state index contributed by atoms with van der Waals surface area (Å²) in [7, 11) is 0. The second-order valence-corrected chi connectivity index (χ2v) is 15.8. The molecule has 4 fully saturated rings. The summed E-state index contributed by atoms with van der Waals surface area (Å²) in [5, 5.41) is 63.5. The summed E-state index contributed by atoms with van der Waals surface area (Å²) in [5.74, 6) is 0.505. The maximum atomic E-state index is 11.6. The minimum absolute atomic E-state index is 0.108. The molecule has 0 aromatic carbocycles. The largest absolute Gasteiger partial charge is 0.394 e. The van der Waals surface area contributed by atoms with Gasteiger partial charge in [-0.05, 0) is 98.5 Å². The predicted octanol–water partition coefficient (Wildman–Crippen LogP) is 2.76. The highest BCUT2D eigenvalue weighted by Crippen LogP contribution is 2.65. The van der Waals surface area contributed by atoms with Gasteiger partial charge in [0.2, 0.25) is 0 Å². The van der Waals surface area contributed by atoms with Gasteiger partial charge in [-0.2, -0.15) is 0 Å². The molecule has 6 aliphatic rings. The lowest BCUT2D eigenvalue weighted by molar-refractivity contribution is -0.315. The number of epoxide rings is 1. The zero-order valence-corrected chi connectivity index (χ0v) is 26.9. The number of aliphatic hydroxyl groups excluding tert-OH is 6. The number of ether oxygens (including phenoxy) is 3. The quantitative estimate of drug-likeness (QED) is 0.178. The van der Waals surface area contributed by atoms with Gasteiger partial charge in [-0.3, -0.25) is 0 Å². The summed E-state index contributed by atoms with van der Waals surface area (Å²) in [6.45, 7) is 14.6. The van der Waals surface area contributed by atoms with E-state index in [-0.39, 0.29) is 45.9 Å².